The van der Waals surface area contributed by atoms with Gasteiger partial charge in [-0.25, -0.2) is 4.98 Å². The zero-order chi connectivity index (χ0) is 17.7. The molecule has 2 rings (SSSR count). The van der Waals surface area contributed by atoms with Crippen LogP contribution in [0.15, 0.2) is 0 Å². The van der Waals surface area contributed by atoms with Crippen molar-refractivity contribution in [3.05, 3.63) is 10.6 Å². The number of thiazole rings is 1. The van der Waals surface area contributed by atoms with Crippen LogP contribution in [-0.2, 0) is 9.59 Å². The van der Waals surface area contributed by atoms with Crippen LogP contribution in [0.3, 0.4) is 0 Å². The van der Waals surface area contributed by atoms with E-state index < -0.39 is 0 Å². The van der Waals surface area contributed by atoms with Crippen molar-refractivity contribution in [3.63, 3.8) is 0 Å². The lowest BCUT2D eigenvalue weighted by Gasteiger charge is -2.31. The fourth-order valence-electron chi connectivity index (χ4n) is 2.66. The highest BCUT2D eigenvalue weighted by molar-refractivity contribution is 7.15. The van der Waals surface area contributed by atoms with E-state index in [2.05, 4.69) is 24.4 Å². The summed E-state index contributed by atoms with van der Waals surface area (Å²) in [7, 11) is 4.19. The summed E-state index contributed by atoms with van der Waals surface area (Å²) in [5.41, 5.74) is 0.937. The van der Waals surface area contributed by atoms with Crippen LogP contribution in [0.2, 0.25) is 0 Å². The molecule has 1 fully saturated rings. The Morgan fingerprint density at radius 2 is 2.04 bits per heavy atom. The first-order valence-electron chi connectivity index (χ1n) is 8.68. The highest BCUT2D eigenvalue weighted by Gasteiger charge is 2.30. The van der Waals surface area contributed by atoms with Crippen molar-refractivity contribution in [2.24, 2.45) is 5.92 Å². The molecule has 0 bridgehead atoms. The van der Waals surface area contributed by atoms with Crippen molar-refractivity contribution in [2.75, 3.05) is 39.0 Å². The molecule has 1 saturated carbocycles. The van der Waals surface area contributed by atoms with Crippen LogP contribution in [0.4, 0.5) is 5.13 Å². The zero-order valence-corrected chi connectivity index (χ0v) is 16.0. The van der Waals surface area contributed by atoms with E-state index >= 15 is 0 Å². The van der Waals surface area contributed by atoms with E-state index in [1.54, 1.807) is 4.90 Å². The third-order valence-corrected chi connectivity index (χ3v) is 5.47. The third kappa shape index (κ3) is 5.27. The van der Waals surface area contributed by atoms with Gasteiger partial charge in [-0.3, -0.25) is 9.59 Å². The molecule has 0 spiro atoms. The van der Waals surface area contributed by atoms with E-state index in [9.17, 15) is 9.59 Å². The Morgan fingerprint density at radius 1 is 1.33 bits per heavy atom. The van der Waals surface area contributed by atoms with Crippen molar-refractivity contribution in [1.82, 2.24) is 9.88 Å². The largest absolute Gasteiger partial charge is 0.340 e. The molecule has 0 unspecified atom stereocenters. The number of anilines is 1. The van der Waals surface area contributed by atoms with E-state index in [0.717, 1.165) is 42.8 Å². The third-order valence-electron chi connectivity index (χ3n) is 4.48. The quantitative estimate of drug-likeness (QED) is 0.728. The van der Waals surface area contributed by atoms with Crippen molar-refractivity contribution in [1.29, 1.82) is 0 Å². The summed E-state index contributed by atoms with van der Waals surface area (Å²) in [5.74, 6) is 0.0964. The van der Waals surface area contributed by atoms with E-state index in [1.807, 2.05) is 13.8 Å². The molecule has 0 aliphatic heterocycles. The van der Waals surface area contributed by atoms with Crippen LogP contribution in [0, 0.1) is 19.8 Å². The molecule has 1 aliphatic carbocycles. The van der Waals surface area contributed by atoms with Gasteiger partial charge in [-0.05, 0) is 26.7 Å². The monoisotopic (exact) mass is 353 g/mol. The predicted octanol–water partition coefficient (Wildman–Crippen LogP) is 0.862. The maximum absolute atomic E-state index is 12.6. The smallest absolute Gasteiger partial charge is 0.245 e. The van der Waals surface area contributed by atoms with Gasteiger partial charge in [-0.1, -0.05) is 6.42 Å². The number of rotatable bonds is 8. The van der Waals surface area contributed by atoms with Crippen molar-refractivity contribution in [3.8, 4) is 0 Å². The SMILES string of the molecule is Cc1nc(NC(=O)CN(CCC[NH+](C)C)C(=O)C2CCC2)sc1C. The maximum Gasteiger partial charge on any atom is 0.245 e. The van der Waals surface area contributed by atoms with Gasteiger partial charge in [0, 0.05) is 23.8 Å². The summed E-state index contributed by atoms with van der Waals surface area (Å²) < 4.78 is 0. The second-order valence-corrected chi connectivity index (χ2v) is 8.11. The first-order chi connectivity index (χ1) is 11.4. The molecule has 0 atom stereocenters. The summed E-state index contributed by atoms with van der Waals surface area (Å²) >= 11 is 1.47. The van der Waals surface area contributed by atoms with Gasteiger partial charge in [-0.15, -0.1) is 11.3 Å². The number of aromatic nitrogens is 1. The summed E-state index contributed by atoms with van der Waals surface area (Å²) in [4.78, 5) is 33.4. The van der Waals surface area contributed by atoms with Gasteiger partial charge >= 0.3 is 0 Å². The number of carbonyl (C=O) groups is 2. The van der Waals surface area contributed by atoms with Gasteiger partial charge in [0.1, 0.15) is 0 Å². The zero-order valence-electron chi connectivity index (χ0n) is 15.1. The number of amides is 2. The lowest BCUT2D eigenvalue weighted by Crippen LogP contribution is -3.05. The topological polar surface area (TPSA) is 66.7 Å². The van der Waals surface area contributed by atoms with Crippen LogP contribution in [-0.4, -0.2) is 55.4 Å². The van der Waals surface area contributed by atoms with Crippen LogP contribution >= 0.6 is 11.3 Å². The van der Waals surface area contributed by atoms with Crippen LogP contribution in [0.25, 0.3) is 0 Å². The lowest BCUT2D eigenvalue weighted by molar-refractivity contribution is -0.858. The van der Waals surface area contributed by atoms with Crippen molar-refractivity contribution >= 4 is 28.3 Å². The van der Waals surface area contributed by atoms with E-state index in [0.29, 0.717) is 11.7 Å². The number of quaternary nitrogens is 1. The Hall–Kier alpha value is -1.47. The molecule has 2 N–H and O–H groups in total. The normalized spacial score (nSPS) is 14.5. The molecule has 1 aliphatic rings. The Bertz CT molecular complexity index is 562. The number of nitrogens with zero attached hydrogens (tertiary/aromatic N) is 2. The van der Waals surface area contributed by atoms with Crippen molar-refractivity contribution < 1.29 is 14.5 Å². The van der Waals surface area contributed by atoms with Gasteiger partial charge in [0.25, 0.3) is 0 Å². The molecule has 0 radical (unpaired) electrons. The molecule has 134 valence electrons. The van der Waals surface area contributed by atoms with Crippen molar-refractivity contribution in [2.45, 2.75) is 39.5 Å². The Labute approximate surface area is 148 Å². The van der Waals surface area contributed by atoms with Gasteiger partial charge in [0.2, 0.25) is 11.8 Å². The Balaban J connectivity index is 1.92. The number of nitrogens with one attached hydrogen (secondary N) is 2. The van der Waals surface area contributed by atoms with Gasteiger partial charge in [-0.2, -0.15) is 0 Å². The first kappa shape index (κ1) is 18.9. The molecular formula is C17H29N4O2S+. The highest BCUT2D eigenvalue weighted by atomic mass is 32.1. The van der Waals surface area contributed by atoms with Gasteiger partial charge in [0.05, 0.1) is 32.9 Å². The lowest BCUT2D eigenvalue weighted by atomic mass is 9.84. The molecular weight excluding hydrogens is 324 g/mol. The second-order valence-electron chi connectivity index (χ2n) is 6.91. The van der Waals surface area contributed by atoms with E-state index in [1.165, 1.54) is 16.2 Å². The fraction of sp³-hybridized carbons (Fsp3) is 0.706. The fourth-order valence-corrected chi connectivity index (χ4v) is 3.49. The summed E-state index contributed by atoms with van der Waals surface area (Å²) in [5, 5.41) is 3.45. The number of carbonyl (C=O) groups excluding carboxylic acids is 2. The first-order valence-corrected chi connectivity index (χ1v) is 9.50. The number of hydrogen-bond acceptors (Lipinski definition) is 4. The highest BCUT2D eigenvalue weighted by Crippen LogP contribution is 2.28. The van der Waals surface area contributed by atoms with Gasteiger partial charge < -0.3 is 15.1 Å². The molecule has 1 heterocycles. The Morgan fingerprint density at radius 3 is 2.54 bits per heavy atom. The van der Waals surface area contributed by atoms with Crippen LogP contribution in [0.1, 0.15) is 36.3 Å². The van der Waals surface area contributed by atoms with Gasteiger partial charge in [0.15, 0.2) is 5.13 Å². The molecule has 1 aromatic rings. The average Bonchev–Trinajstić information content (AvgIpc) is 2.73. The van der Waals surface area contributed by atoms with E-state index in [-0.39, 0.29) is 24.3 Å². The molecule has 0 saturated heterocycles. The van der Waals surface area contributed by atoms with Crippen LogP contribution in [0.5, 0.6) is 0 Å². The summed E-state index contributed by atoms with van der Waals surface area (Å²) in [6.45, 7) is 5.66. The van der Waals surface area contributed by atoms with Crippen LogP contribution < -0.4 is 10.2 Å². The molecule has 7 heteroatoms. The summed E-state index contributed by atoms with van der Waals surface area (Å²) in [6, 6.07) is 0. The van der Waals surface area contributed by atoms with E-state index in [4.69, 9.17) is 0 Å². The number of aryl methyl sites for hydroxylation is 2. The molecule has 0 aromatic carbocycles. The molecule has 6 nitrogen and oxygen atoms in total. The predicted molar refractivity (Wildman–Crippen MR) is 96.4 cm³/mol. The second kappa shape index (κ2) is 8.58. The summed E-state index contributed by atoms with van der Waals surface area (Å²) in [6.07, 6.45) is 3.95. The maximum atomic E-state index is 12.6. The Kier molecular flexibility index (Phi) is 6.74. The molecule has 2 amide bonds. The molecule has 24 heavy (non-hydrogen) atoms. The minimum atomic E-state index is -0.159. The minimum Gasteiger partial charge on any atom is -0.340 e. The minimum absolute atomic E-state index is 0.119. The number of hydrogen-bond donors (Lipinski definition) is 2. The standard InChI is InChI=1S/C17H28N4O2S/c1-12-13(2)24-17(18-12)19-15(22)11-21(10-6-9-20(3)4)16(23)14-7-5-8-14/h14H,5-11H2,1-4H3,(H,18,19,22)/p+1. The average molecular weight is 354 g/mol. The molecule has 1 aromatic heterocycles.